The van der Waals surface area contributed by atoms with E-state index in [0.29, 0.717) is 11.3 Å². The molecule has 1 aromatic rings. The van der Waals surface area contributed by atoms with Gasteiger partial charge in [0.25, 0.3) is 0 Å². The Morgan fingerprint density at radius 3 is 2.50 bits per heavy atom. The fraction of sp³-hybridized carbons (Fsp3) is 0.429. The lowest BCUT2D eigenvalue weighted by Gasteiger charge is -2.23. The lowest BCUT2D eigenvalue weighted by Crippen LogP contribution is -2.46. The number of methoxy groups -OCH3 is 1. The normalized spacial score (nSPS) is 11.1. The largest absolute Gasteiger partial charge is 0.468 e. The number of carbonyl (C=O) groups is 2. The first-order valence-electron chi connectivity index (χ1n) is 6.15. The van der Waals surface area contributed by atoms with Crippen molar-refractivity contribution in [2.75, 3.05) is 12.4 Å². The minimum absolute atomic E-state index is 0.270. The van der Waals surface area contributed by atoms with Gasteiger partial charge < -0.3 is 10.1 Å². The van der Waals surface area contributed by atoms with Crippen molar-refractivity contribution >= 4 is 17.6 Å². The van der Waals surface area contributed by atoms with Crippen molar-refractivity contribution in [1.29, 1.82) is 0 Å². The van der Waals surface area contributed by atoms with Crippen LogP contribution in [-0.2, 0) is 20.9 Å². The molecule has 0 atom stereocenters. The monoisotopic (exact) mass is 282 g/mol. The molecule has 0 aromatic heterocycles. The summed E-state index contributed by atoms with van der Waals surface area (Å²) in [6.45, 7) is 4.97. The quantitative estimate of drug-likeness (QED) is 0.808. The van der Waals surface area contributed by atoms with Crippen LogP contribution in [0.1, 0.15) is 26.3 Å². The maximum Gasteiger partial charge on any atom is 0.325 e. The summed E-state index contributed by atoms with van der Waals surface area (Å²) in [5, 5.41) is 5.50. The lowest BCUT2D eigenvalue weighted by atomic mass is 10.1. The van der Waals surface area contributed by atoms with Crippen molar-refractivity contribution in [1.82, 2.24) is 5.32 Å². The Balaban J connectivity index is 2.80. The molecule has 0 aliphatic carbocycles. The van der Waals surface area contributed by atoms with Crippen LogP contribution in [-0.4, -0.2) is 24.5 Å². The third-order valence-electron chi connectivity index (χ3n) is 2.71. The maximum absolute atomic E-state index is 13.5. The molecule has 0 heterocycles. The number of halogens is 1. The molecule has 5 nitrogen and oxygen atoms in total. The van der Waals surface area contributed by atoms with Crippen LogP contribution in [0.4, 0.5) is 10.1 Å². The molecule has 20 heavy (non-hydrogen) atoms. The molecule has 0 saturated heterocycles. The van der Waals surface area contributed by atoms with Crippen LogP contribution < -0.4 is 10.6 Å². The molecule has 0 saturated carbocycles. The third-order valence-corrected chi connectivity index (χ3v) is 2.71. The van der Waals surface area contributed by atoms with Gasteiger partial charge in [0.15, 0.2) is 0 Å². The zero-order valence-electron chi connectivity index (χ0n) is 12.0. The molecule has 6 heteroatoms. The van der Waals surface area contributed by atoms with Gasteiger partial charge in [-0.15, -0.1) is 0 Å². The Hall–Kier alpha value is -1.95. The van der Waals surface area contributed by atoms with Crippen LogP contribution >= 0.6 is 0 Å². The number of amides is 1. The summed E-state index contributed by atoms with van der Waals surface area (Å²) in [6.07, 6.45) is 0. The molecule has 0 unspecified atom stereocenters. The second-order valence-electron chi connectivity index (χ2n) is 5.00. The smallest absolute Gasteiger partial charge is 0.325 e. The van der Waals surface area contributed by atoms with Crippen LogP contribution in [0.25, 0.3) is 0 Å². The van der Waals surface area contributed by atoms with Gasteiger partial charge in [-0.1, -0.05) is 0 Å². The van der Waals surface area contributed by atoms with E-state index in [4.69, 9.17) is 0 Å². The summed E-state index contributed by atoms with van der Waals surface area (Å²) >= 11 is 0. The highest BCUT2D eigenvalue weighted by molar-refractivity contribution is 5.88. The van der Waals surface area contributed by atoms with Gasteiger partial charge in [-0.2, -0.15) is 0 Å². The number of ether oxygens (including phenoxy) is 1. The number of rotatable bonds is 5. The van der Waals surface area contributed by atoms with E-state index in [2.05, 4.69) is 15.4 Å². The molecule has 0 aliphatic heterocycles. The molecular formula is C14H19FN2O3. The van der Waals surface area contributed by atoms with Gasteiger partial charge in [0.2, 0.25) is 5.91 Å². The lowest BCUT2D eigenvalue weighted by molar-refractivity contribution is -0.147. The van der Waals surface area contributed by atoms with Crippen molar-refractivity contribution < 1.29 is 18.7 Å². The van der Waals surface area contributed by atoms with Crippen LogP contribution in [0, 0.1) is 5.82 Å². The summed E-state index contributed by atoms with van der Waals surface area (Å²) in [5.41, 5.74) is 0.116. The Kier molecular flexibility index (Phi) is 5.21. The predicted octanol–water partition coefficient (Wildman–Crippen LogP) is 1.83. The first kappa shape index (κ1) is 16.1. The molecule has 0 spiro atoms. The molecule has 0 radical (unpaired) electrons. The van der Waals surface area contributed by atoms with Crippen molar-refractivity contribution in [2.45, 2.75) is 32.9 Å². The second-order valence-corrected chi connectivity index (χ2v) is 5.00. The molecule has 2 N–H and O–H groups in total. The average molecular weight is 282 g/mol. The van der Waals surface area contributed by atoms with Gasteiger partial charge in [-0.05, 0) is 37.6 Å². The minimum atomic E-state index is -0.880. The Bertz CT molecular complexity index is 515. The van der Waals surface area contributed by atoms with E-state index in [1.54, 1.807) is 19.9 Å². The van der Waals surface area contributed by atoms with Crippen molar-refractivity contribution in [3.8, 4) is 0 Å². The molecule has 0 aliphatic rings. The summed E-state index contributed by atoms with van der Waals surface area (Å²) in [4.78, 5) is 22.5. The number of nitrogens with one attached hydrogen (secondary N) is 2. The van der Waals surface area contributed by atoms with E-state index in [0.717, 1.165) is 0 Å². The first-order valence-corrected chi connectivity index (χ1v) is 6.15. The van der Waals surface area contributed by atoms with Gasteiger partial charge >= 0.3 is 5.97 Å². The van der Waals surface area contributed by atoms with Crippen LogP contribution in [0.2, 0.25) is 0 Å². The minimum Gasteiger partial charge on any atom is -0.468 e. The van der Waals surface area contributed by atoms with E-state index >= 15 is 0 Å². The Morgan fingerprint density at radius 2 is 1.95 bits per heavy atom. The van der Waals surface area contributed by atoms with E-state index in [1.807, 2.05) is 0 Å². The number of benzene rings is 1. The summed E-state index contributed by atoms with van der Waals surface area (Å²) in [7, 11) is 1.31. The average Bonchev–Trinajstić information content (AvgIpc) is 2.34. The van der Waals surface area contributed by atoms with Crippen LogP contribution in [0.15, 0.2) is 18.2 Å². The molecule has 1 aromatic carbocycles. The molecule has 0 fully saturated rings. The van der Waals surface area contributed by atoms with Crippen molar-refractivity contribution in [3.63, 3.8) is 0 Å². The topological polar surface area (TPSA) is 67.4 Å². The van der Waals surface area contributed by atoms with Gasteiger partial charge in [-0.3, -0.25) is 14.9 Å². The van der Waals surface area contributed by atoms with Gasteiger partial charge in [0.1, 0.15) is 11.4 Å². The third kappa shape index (κ3) is 4.62. The highest BCUT2D eigenvalue weighted by Gasteiger charge is 2.27. The SMILES string of the molecule is COC(=O)C(C)(C)NCc1cc(F)cc(NC(C)=O)c1. The van der Waals surface area contributed by atoms with Crippen LogP contribution in [0.5, 0.6) is 0 Å². The Morgan fingerprint density at radius 1 is 1.30 bits per heavy atom. The second kappa shape index (κ2) is 6.47. The molecule has 0 bridgehead atoms. The van der Waals surface area contributed by atoms with Gasteiger partial charge in [0.05, 0.1) is 7.11 Å². The first-order chi connectivity index (χ1) is 9.24. The fourth-order valence-corrected chi connectivity index (χ4v) is 1.68. The maximum atomic E-state index is 13.5. The summed E-state index contributed by atoms with van der Waals surface area (Å²) < 4.78 is 18.1. The molecule has 110 valence electrons. The zero-order valence-corrected chi connectivity index (χ0v) is 12.0. The number of carbonyl (C=O) groups excluding carboxylic acids is 2. The standard InChI is InChI=1S/C14H19FN2O3/c1-9(18)17-12-6-10(5-11(15)7-12)8-16-14(2,3)13(19)20-4/h5-7,16H,8H2,1-4H3,(H,17,18). The van der Waals surface area contributed by atoms with Crippen molar-refractivity contribution in [3.05, 3.63) is 29.6 Å². The number of esters is 1. The molecule has 1 rings (SSSR count). The fourth-order valence-electron chi connectivity index (χ4n) is 1.68. The van der Waals surface area contributed by atoms with Gasteiger partial charge in [0, 0.05) is 19.2 Å². The summed E-state index contributed by atoms with van der Waals surface area (Å²) in [5.74, 6) is -1.13. The summed E-state index contributed by atoms with van der Waals surface area (Å²) in [6, 6.07) is 4.22. The van der Waals surface area contributed by atoms with Gasteiger partial charge in [-0.25, -0.2) is 4.39 Å². The van der Waals surface area contributed by atoms with Crippen LogP contribution in [0.3, 0.4) is 0 Å². The highest BCUT2D eigenvalue weighted by Crippen LogP contribution is 2.15. The number of hydrogen-bond donors (Lipinski definition) is 2. The molecular weight excluding hydrogens is 263 g/mol. The Labute approximate surface area is 117 Å². The molecule has 1 amide bonds. The highest BCUT2D eigenvalue weighted by atomic mass is 19.1. The number of anilines is 1. The van der Waals surface area contributed by atoms with E-state index in [9.17, 15) is 14.0 Å². The number of hydrogen-bond acceptors (Lipinski definition) is 4. The zero-order chi connectivity index (χ0) is 15.3. The van der Waals surface area contributed by atoms with Crippen molar-refractivity contribution in [2.24, 2.45) is 0 Å². The van der Waals surface area contributed by atoms with E-state index in [-0.39, 0.29) is 12.5 Å². The van der Waals surface area contributed by atoms with E-state index in [1.165, 1.54) is 26.2 Å². The predicted molar refractivity (Wildman–Crippen MR) is 73.6 cm³/mol. The van der Waals surface area contributed by atoms with E-state index < -0.39 is 17.3 Å².